The van der Waals surface area contributed by atoms with Gasteiger partial charge >= 0.3 is 12.1 Å². The van der Waals surface area contributed by atoms with Crippen LogP contribution in [0.5, 0.6) is 0 Å². The zero-order valence-corrected chi connectivity index (χ0v) is 13.3. The van der Waals surface area contributed by atoms with Gasteiger partial charge in [0.05, 0.1) is 0 Å². The average Bonchev–Trinajstić information content (AvgIpc) is 2.77. The normalized spacial score (nSPS) is 11.5. The minimum atomic E-state index is -4.52. The summed E-state index contributed by atoms with van der Waals surface area (Å²) in [5.41, 5.74) is 6.37. The average molecular weight is 357 g/mol. The number of aromatic nitrogens is 1. The van der Waals surface area contributed by atoms with Gasteiger partial charge in [0.2, 0.25) is 0 Å². The van der Waals surface area contributed by atoms with Crippen LogP contribution < -0.4 is 5.73 Å². The Morgan fingerprint density at radius 3 is 2.62 bits per heavy atom. The zero-order chi connectivity index (χ0) is 18.1. The molecule has 2 aromatic rings. The fourth-order valence-corrected chi connectivity index (χ4v) is 3.16. The molecule has 4 N–H and O–H groups in total. The van der Waals surface area contributed by atoms with Gasteiger partial charge < -0.3 is 20.8 Å². The Morgan fingerprint density at radius 2 is 2.08 bits per heavy atom. The highest BCUT2D eigenvalue weighted by Crippen LogP contribution is 2.35. The van der Waals surface area contributed by atoms with Crippen LogP contribution in [0.15, 0.2) is 34.1 Å². The second-order valence-electron chi connectivity index (χ2n) is 5.02. The number of nitrogens with one attached hydrogen (secondary N) is 1. The SMILES string of the molecule is Cc1c(Sc2ccc(N)c(C=N)c2)cc(C(=O)O)n1CC(F)(F)F. The summed E-state index contributed by atoms with van der Waals surface area (Å²) in [6.07, 6.45) is -3.45. The van der Waals surface area contributed by atoms with Crippen molar-refractivity contribution in [1.82, 2.24) is 4.57 Å². The highest BCUT2D eigenvalue weighted by atomic mass is 32.2. The lowest BCUT2D eigenvalue weighted by atomic mass is 10.2. The number of aromatic carboxylic acids is 1. The van der Waals surface area contributed by atoms with Gasteiger partial charge in [-0.05, 0) is 31.2 Å². The van der Waals surface area contributed by atoms with Crippen LogP contribution in [-0.2, 0) is 6.54 Å². The topological polar surface area (TPSA) is 92.1 Å². The molecule has 0 bridgehead atoms. The summed E-state index contributed by atoms with van der Waals surface area (Å²) in [4.78, 5) is 12.3. The van der Waals surface area contributed by atoms with Crippen molar-refractivity contribution in [2.24, 2.45) is 0 Å². The summed E-state index contributed by atoms with van der Waals surface area (Å²) in [5.74, 6) is -1.42. The van der Waals surface area contributed by atoms with E-state index in [4.69, 9.17) is 16.2 Å². The number of benzene rings is 1. The Morgan fingerprint density at radius 1 is 1.42 bits per heavy atom. The summed E-state index contributed by atoms with van der Waals surface area (Å²) >= 11 is 1.12. The Bertz CT molecular complexity index is 800. The van der Waals surface area contributed by atoms with Gasteiger partial charge in [0, 0.05) is 33.0 Å². The van der Waals surface area contributed by atoms with Crippen LogP contribution in [0.25, 0.3) is 0 Å². The van der Waals surface area contributed by atoms with Crippen molar-refractivity contribution in [3.63, 3.8) is 0 Å². The molecule has 0 atom stereocenters. The first-order valence-electron chi connectivity index (χ1n) is 6.70. The first kappa shape index (κ1) is 17.9. The smallest absolute Gasteiger partial charge is 0.406 e. The molecule has 0 radical (unpaired) electrons. The number of rotatable bonds is 5. The Balaban J connectivity index is 2.43. The number of carboxylic acid groups (broad SMARTS) is 1. The van der Waals surface area contributed by atoms with Crippen molar-refractivity contribution >= 4 is 29.6 Å². The van der Waals surface area contributed by atoms with Gasteiger partial charge in [0.25, 0.3) is 0 Å². The van der Waals surface area contributed by atoms with Crippen LogP contribution in [0.1, 0.15) is 21.7 Å². The molecule has 0 unspecified atom stereocenters. The zero-order valence-electron chi connectivity index (χ0n) is 12.5. The molecule has 0 saturated heterocycles. The maximum atomic E-state index is 12.7. The minimum absolute atomic E-state index is 0.211. The third kappa shape index (κ3) is 3.91. The number of nitrogen functional groups attached to an aromatic ring is 1. The molecule has 0 fully saturated rings. The number of nitrogens with zero attached hydrogens (tertiary/aromatic N) is 1. The lowest BCUT2D eigenvalue weighted by Crippen LogP contribution is -2.21. The van der Waals surface area contributed by atoms with E-state index in [0.29, 0.717) is 21.0 Å². The lowest BCUT2D eigenvalue weighted by molar-refractivity contribution is -0.141. The fourth-order valence-electron chi connectivity index (χ4n) is 2.15. The summed E-state index contributed by atoms with van der Waals surface area (Å²) in [6.45, 7) is 0.0733. The van der Waals surface area contributed by atoms with Gasteiger partial charge in [-0.3, -0.25) is 0 Å². The fraction of sp³-hybridized carbons (Fsp3) is 0.200. The molecule has 0 aliphatic rings. The van der Waals surface area contributed by atoms with Crippen molar-refractivity contribution in [2.75, 3.05) is 5.73 Å². The number of alkyl halides is 3. The molecule has 2 rings (SSSR count). The monoisotopic (exact) mass is 357 g/mol. The molecule has 128 valence electrons. The van der Waals surface area contributed by atoms with E-state index in [1.165, 1.54) is 13.0 Å². The summed E-state index contributed by atoms with van der Waals surface area (Å²) < 4.78 is 38.8. The standard InChI is InChI=1S/C15H14F3N3O2S/c1-8-13(24-10-2-3-11(20)9(4-10)6-19)5-12(14(22)23)21(8)7-15(16,17)18/h2-6,19H,7,20H2,1H3,(H,22,23). The van der Waals surface area contributed by atoms with E-state index in [9.17, 15) is 18.0 Å². The quantitative estimate of drug-likeness (QED) is 0.561. The summed E-state index contributed by atoms with van der Waals surface area (Å²) in [6, 6.07) is 6.08. The van der Waals surface area contributed by atoms with Crippen molar-refractivity contribution < 1.29 is 23.1 Å². The Kier molecular flexibility index (Phi) is 4.93. The molecule has 1 heterocycles. The van der Waals surface area contributed by atoms with Crippen LogP contribution in [-0.4, -0.2) is 28.0 Å². The molecule has 9 heteroatoms. The molecule has 24 heavy (non-hydrogen) atoms. The van der Waals surface area contributed by atoms with E-state index in [1.54, 1.807) is 18.2 Å². The second-order valence-corrected chi connectivity index (χ2v) is 6.14. The maximum absolute atomic E-state index is 12.7. The molecule has 1 aromatic carbocycles. The van der Waals surface area contributed by atoms with Gasteiger partial charge in [-0.15, -0.1) is 0 Å². The molecule has 0 spiro atoms. The lowest BCUT2D eigenvalue weighted by Gasteiger charge is -2.12. The number of carbonyl (C=O) groups is 1. The maximum Gasteiger partial charge on any atom is 0.406 e. The molecular weight excluding hydrogens is 343 g/mol. The third-order valence-corrected chi connectivity index (χ3v) is 4.44. The van der Waals surface area contributed by atoms with Crippen LogP contribution in [0, 0.1) is 12.3 Å². The Hall–Kier alpha value is -2.42. The van der Waals surface area contributed by atoms with Crippen molar-refractivity contribution in [1.29, 1.82) is 5.41 Å². The van der Waals surface area contributed by atoms with Gasteiger partial charge in [-0.1, -0.05) is 11.8 Å². The summed E-state index contributed by atoms with van der Waals surface area (Å²) in [5, 5.41) is 16.4. The van der Waals surface area contributed by atoms with Crippen molar-refractivity contribution in [2.45, 2.75) is 29.4 Å². The van der Waals surface area contributed by atoms with Crippen molar-refractivity contribution in [3.8, 4) is 0 Å². The van der Waals surface area contributed by atoms with E-state index in [2.05, 4.69) is 0 Å². The van der Waals surface area contributed by atoms with E-state index in [1.807, 2.05) is 0 Å². The largest absolute Gasteiger partial charge is 0.477 e. The number of hydrogen-bond acceptors (Lipinski definition) is 4. The van der Waals surface area contributed by atoms with Gasteiger partial charge in [-0.25, -0.2) is 4.79 Å². The molecule has 5 nitrogen and oxygen atoms in total. The van der Waals surface area contributed by atoms with Gasteiger partial charge in [0.15, 0.2) is 0 Å². The predicted molar refractivity (Wildman–Crippen MR) is 85.0 cm³/mol. The van der Waals surface area contributed by atoms with E-state index in [0.717, 1.165) is 22.5 Å². The van der Waals surface area contributed by atoms with Crippen LogP contribution in [0.4, 0.5) is 18.9 Å². The molecule has 1 aromatic heterocycles. The second kappa shape index (κ2) is 6.60. The van der Waals surface area contributed by atoms with E-state index >= 15 is 0 Å². The van der Waals surface area contributed by atoms with Crippen molar-refractivity contribution in [3.05, 3.63) is 41.2 Å². The number of hydrogen-bond donors (Lipinski definition) is 3. The minimum Gasteiger partial charge on any atom is -0.477 e. The van der Waals surface area contributed by atoms with Crippen LogP contribution in [0.2, 0.25) is 0 Å². The molecular formula is C15H14F3N3O2S. The van der Waals surface area contributed by atoms with Crippen LogP contribution in [0.3, 0.4) is 0 Å². The van der Waals surface area contributed by atoms with Gasteiger partial charge in [-0.2, -0.15) is 13.2 Å². The molecule has 0 aliphatic heterocycles. The number of carboxylic acids is 1. The highest BCUT2D eigenvalue weighted by molar-refractivity contribution is 7.99. The first-order valence-corrected chi connectivity index (χ1v) is 7.52. The molecule has 0 aliphatic carbocycles. The molecule has 0 saturated carbocycles. The van der Waals surface area contributed by atoms with E-state index < -0.39 is 24.4 Å². The third-order valence-electron chi connectivity index (χ3n) is 3.32. The molecule has 0 amide bonds. The Labute approximate surface area is 139 Å². The predicted octanol–water partition coefficient (Wildman–Crippen LogP) is 3.79. The van der Waals surface area contributed by atoms with E-state index in [-0.39, 0.29) is 5.69 Å². The van der Waals surface area contributed by atoms with Crippen LogP contribution >= 0.6 is 11.8 Å². The summed E-state index contributed by atoms with van der Waals surface area (Å²) in [7, 11) is 0. The number of halogens is 3. The first-order chi connectivity index (χ1) is 11.1. The number of nitrogens with two attached hydrogens (primary N) is 1. The van der Waals surface area contributed by atoms with Gasteiger partial charge in [0.1, 0.15) is 12.2 Å². The number of anilines is 1. The highest BCUT2D eigenvalue weighted by Gasteiger charge is 2.31.